The summed E-state index contributed by atoms with van der Waals surface area (Å²) in [7, 11) is 0. The first-order chi connectivity index (χ1) is 8.58. The summed E-state index contributed by atoms with van der Waals surface area (Å²) in [6, 6.07) is 6.13. The Hall–Kier alpha value is -1.00. The SMILES string of the molecule is CC(CC(=O)O)C(N)c1ccc2c(c1)CCCS2. The fourth-order valence-electron chi connectivity index (χ4n) is 2.32. The highest BCUT2D eigenvalue weighted by atomic mass is 32.2. The summed E-state index contributed by atoms with van der Waals surface area (Å²) in [4.78, 5) is 12.1. The van der Waals surface area contributed by atoms with Crippen LogP contribution in [-0.4, -0.2) is 16.8 Å². The number of fused-ring (bicyclic) bond motifs is 1. The molecule has 2 atom stereocenters. The lowest BCUT2D eigenvalue weighted by atomic mass is 9.91. The van der Waals surface area contributed by atoms with E-state index in [0.717, 1.165) is 12.0 Å². The van der Waals surface area contributed by atoms with E-state index < -0.39 is 5.97 Å². The molecule has 1 aromatic rings. The Balaban J connectivity index is 2.15. The predicted octanol–water partition coefficient (Wildman–Crippen LogP) is 2.84. The number of hydrogen-bond acceptors (Lipinski definition) is 3. The summed E-state index contributed by atoms with van der Waals surface area (Å²) >= 11 is 1.89. The van der Waals surface area contributed by atoms with Gasteiger partial charge in [0, 0.05) is 17.4 Å². The fraction of sp³-hybridized carbons (Fsp3) is 0.500. The van der Waals surface area contributed by atoms with E-state index in [0.29, 0.717) is 0 Å². The molecule has 4 heteroatoms. The maximum Gasteiger partial charge on any atom is 0.303 e. The molecule has 98 valence electrons. The van der Waals surface area contributed by atoms with Gasteiger partial charge in [-0.25, -0.2) is 0 Å². The van der Waals surface area contributed by atoms with Gasteiger partial charge in [0.15, 0.2) is 0 Å². The fourth-order valence-corrected chi connectivity index (χ4v) is 3.34. The van der Waals surface area contributed by atoms with Crippen molar-refractivity contribution in [2.45, 2.75) is 37.1 Å². The van der Waals surface area contributed by atoms with Crippen LogP contribution in [0, 0.1) is 5.92 Å². The molecular formula is C14H19NO2S. The Morgan fingerprint density at radius 3 is 3.06 bits per heavy atom. The molecule has 1 aromatic carbocycles. The highest BCUT2D eigenvalue weighted by Crippen LogP contribution is 2.33. The quantitative estimate of drug-likeness (QED) is 0.878. The standard InChI is InChI=1S/C14H19NO2S/c1-9(7-13(16)17)14(15)11-4-5-12-10(8-11)3-2-6-18-12/h4-5,8-9,14H,2-3,6-7,15H2,1H3,(H,16,17). The number of carboxylic acids is 1. The largest absolute Gasteiger partial charge is 0.481 e. The van der Waals surface area contributed by atoms with E-state index in [1.807, 2.05) is 24.8 Å². The minimum atomic E-state index is -0.786. The number of aryl methyl sites for hydroxylation is 1. The molecule has 3 nitrogen and oxygen atoms in total. The van der Waals surface area contributed by atoms with Crippen molar-refractivity contribution >= 4 is 17.7 Å². The molecule has 2 unspecified atom stereocenters. The summed E-state index contributed by atoms with van der Waals surface area (Å²) in [6.45, 7) is 1.90. The Morgan fingerprint density at radius 1 is 1.56 bits per heavy atom. The molecule has 0 radical (unpaired) electrons. The van der Waals surface area contributed by atoms with Gasteiger partial charge in [-0.15, -0.1) is 11.8 Å². The van der Waals surface area contributed by atoms with Crippen LogP contribution < -0.4 is 5.73 Å². The molecule has 0 aromatic heterocycles. The molecule has 18 heavy (non-hydrogen) atoms. The molecule has 0 aliphatic carbocycles. The van der Waals surface area contributed by atoms with Gasteiger partial charge in [0.05, 0.1) is 0 Å². The van der Waals surface area contributed by atoms with Crippen LogP contribution in [0.15, 0.2) is 23.1 Å². The van der Waals surface area contributed by atoms with E-state index in [-0.39, 0.29) is 18.4 Å². The summed E-state index contributed by atoms with van der Waals surface area (Å²) < 4.78 is 0. The Kier molecular flexibility index (Phi) is 4.30. The smallest absolute Gasteiger partial charge is 0.303 e. The Labute approximate surface area is 112 Å². The van der Waals surface area contributed by atoms with Crippen molar-refractivity contribution in [3.05, 3.63) is 29.3 Å². The van der Waals surface area contributed by atoms with Crippen LogP contribution in [0.2, 0.25) is 0 Å². The van der Waals surface area contributed by atoms with E-state index in [1.165, 1.54) is 22.6 Å². The average molecular weight is 265 g/mol. The molecule has 0 spiro atoms. The number of hydrogen-bond donors (Lipinski definition) is 2. The first kappa shape index (κ1) is 13.4. The lowest BCUT2D eigenvalue weighted by molar-refractivity contribution is -0.138. The van der Waals surface area contributed by atoms with Gasteiger partial charge in [0.2, 0.25) is 0 Å². The molecule has 0 saturated carbocycles. The van der Waals surface area contributed by atoms with Crippen LogP contribution in [0.1, 0.15) is 36.9 Å². The second-order valence-electron chi connectivity index (χ2n) is 4.92. The van der Waals surface area contributed by atoms with Crippen molar-refractivity contribution in [1.82, 2.24) is 0 Å². The zero-order chi connectivity index (χ0) is 13.1. The molecule has 0 fully saturated rings. The number of nitrogens with two attached hydrogens (primary N) is 1. The van der Waals surface area contributed by atoms with Gasteiger partial charge in [-0.05, 0) is 41.7 Å². The van der Waals surface area contributed by atoms with Crippen molar-refractivity contribution in [1.29, 1.82) is 0 Å². The molecule has 1 aliphatic rings. The van der Waals surface area contributed by atoms with Crippen molar-refractivity contribution in [3.63, 3.8) is 0 Å². The lowest BCUT2D eigenvalue weighted by Gasteiger charge is -2.22. The first-order valence-electron chi connectivity index (χ1n) is 6.31. The molecular weight excluding hydrogens is 246 g/mol. The monoisotopic (exact) mass is 265 g/mol. The van der Waals surface area contributed by atoms with Crippen LogP contribution >= 0.6 is 11.8 Å². The number of aliphatic carboxylic acids is 1. The van der Waals surface area contributed by atoms with Gasteiger partial charge in [0.1, 0.15) is 0 Å². The summed E-state index contributed by atoms with van der Waals surface area (Å²) in [5.74, 6) is 0.358. The summed E-state index contributed by atoms with van der Waals surface area (Å²) in [5, 5.41) is 8.81. The molecule has 0 bridgehead atoms. The van der Waals surface area contributed by atoms with Gasteiger partial charge in [0.25, 0.3) is 0 Å². The maximum absolute atomic E-state index is 10.7. The van der Waals surface area contributed by atoms with Crippen molar-refractivity contribution < 1.29 is 9.90 Å². The van der Waals surface area contributed by atoms with Gasteiger partial charge < -0.3 is 10.8 Å². The topological polar surface area (TPSA) is 63.3 Å². The second kappa shape index (κ2) is 5.76. The van der Waals surface area contributed by atoms with Crippen LogP contribution in [-0.2, 0) is 11.2 Å². The Morgan fingerprint density at radius 2 is 2.33 bits per heavy atom. The van der Waals surface area contributed by atoms with Crippen molar-refractivity contribution in [3.8, 4) is 0 Å². The van der Waals surface area contributed by atoms with E-state index in [1.54, 1.807) is 0 Å². The summed E-state index contributed by atoms with van der Waals surface area (Å²) in [5.41, 5.74) is 8.57. The van der Waals surface area contributed by atoms with Gasteiger partial charge in [-0.2, -0.15) is 0 Å². The lowest BCUT2D eigenvalue weighted by Crippen LogP contribution is -2.22. The normalized spacial score (nSPS) is 17.9. The zero-order valence-electron chi connectivity index (χ0n) is 10.6. The average Bonchev–Trinajstić information content (AvgIpc) is 2.36. The third kappa shape index (κ3) is 3.06. The number of carboxylic acid groups (broad SMARTS) is 1. The van der Waals surface area contributed by atoms with Gasteiger partial charge >= 0.3 is 5.97 Å². The minimum absolute atomic E-state index is 0.0446. The van der Waals surface area contributed by atoms with E-state index in [9.17, 15) is 4.79 Å². The van der Waals surface area contributed by atoms with E-state index >= 15 is 0 Å². The Bertz CT molecular complexity index is 447. The van der Waals surface area contributed by atoms with Crippen LogP contribution in [0.25, 0.3) is 0 Å². The van der Waals surface area contributed by atoms with Crippen molar-refractivity contribution in [2.24, 2.45) is 11.7 Å². The minimum Gasteiger partial charge on any atom is -0.481 e. The number of benzene rings is 1. The predicted molar refractivity (Wildman–Crippen MR) is 73.8 cm³/mol. The number of rotatable bonds is 4. The van der Waals surface area contributed by atoms with Gasteiger partial charge in [-0.3, -0.25) is 4.79 Å². The molecule has 0 amide bonds. The molecule has 2 rings (SSSR count). The van der Waals surface area contributed by atoms with Gasteiger partial charge in [-0.1, -0.05) is 19.1 Å². The number of thioether (sulfide) groups is 1. The maximum atomic E-state index is 10.7. The highest BCUT2D eigenvalue weighted by molar-refractivity contribution is 7.99. The second-order valence-corrected chi connectivity index (χ2v) is 6.06. The number of carbonyl (C=O) groups is 1. The molecule has 0 saturated heterocycles. The van der Waals surface area contributed by atoms with Crippen LogP contribution in [0.5, 0.6) is 0 Å². The zero-order valence-corrected chi connectivity index (χ0v) is 11.4. The molecule has 3 N–H and O–H groups in total. The highest BCUT2D eigenvalue weighted by Gasteiger charge is 2.19. The first-order valence-corrected chi connectivity index (χ1v) is 7.29. The third-order valence-electron chi connectivity index (χ3n) is 3.43. The third-order valence-corrected chi connectivity index (χ3v) is 4.63. The summed E-state index contributed by atoms with van der Waals surface area (Å²) in [6.07, 6.45) is 2.43. The van der Waals surface area contributed by atoms with Crippen LogP contribution in [0.3, 0.4) is 0 Å². The van der Waals surface area contributed by atoms with Crippen LogP contribution in [0.4, 0.5) is 0 Å². The molecule has 1 aliphatic heterocycles. The van der Waals surface area contributed by atoms with Crippen molar-refractivity contribution in [2.75, 3.05) is 5.75 Å². The van der Waals surface area contributed by atoms with E-state index in [4.69, 9.17) is 10.8 Å². The van der Waals surface area contributed by atoms with E-state index in [2.05, 4.69) is 12.1 Å². The molecule has 1 heterocycles.